The summed E-state index contributed by atoms with van der Waals surface area (Å²) >= 11 is 5.78. The molecule has 0 aliphatic rings. The summed E-state index contributed by atoms with van der Waals surface area (Å²) in [7, 11) is 0. The monoisotopic (exact) mass is 305 g/mol. The average molecular weight is 306 g/mol. The van der Waals surface area contributed by atoms with Crippen LogP contribution < -0.4 is 11.1 Å². The molecule has 2 aromatic carbocycles. The Hall–Kier alpha value is -2.60. The lowest BCUT2D eigenvalue weighted by Gasteiger charge is -2.10. The molecular weight excluding hydrogens is 294 g/mol. The zero-order valence-corrected chi connectivity index (χ0v) is 11.8. The van der Waals surface area contributed by atoms with Crippen molar-refractivity contribution in [3.8, 4) is 0 Å². The maximum atomic E-state index is 12.2. The van der Waals surface area contributed by atoms with E-state index in [1.165, 1.54) is 24.3 Å². The van der Waals surface area contributed by atoms with Crippen molar-refractivity contribution >= 4 is 34.6 Å². The fourth-order valence-corrected chi connectivity index (χ4v) is 2.07. The Morgan fingerprint density at radius 2 is 2.05 bits per heavy atom. The van der Waals surface area contributed by atoms with Crippen LogP contribution in [0.3, 0.4) is 0 Å². The smallest absolute Gasteiger partial charge is 0.274 e. The van der Waals surface area contributed by atoms with E-state index < -0.39 is 10.8 Å². The number of carbonyl (C=O) groups is 1. The van der Waals surface area contributed by atoms with E-state index in [1.807, 2.05) is 0 Å². The molecule has 0 atom stereocenters. The molecule has 6 nitrogen and oxygen atoms in total. The number of anilines is 2. The molecule has 2 rings (SSSR count). The summed E-state index contributed by atoms with van der Waals surface area (Å²) in [6.45, 7) is 1.57. The van der Waals surface area contributed by atoms with Crippen LogP contribution in [0.15, 0.2) is 36.4 Å². The molecule has 0 unspecified atom stereocenters. The zero-order chi connectivity index (χ0) is 15.6. The van der Waals surface area contributed by atoms with Crippen molar-refractivity contribution in [2.75, 3.05) is 11.1 Å². The minimum atomic E-state index is -0.498. The van der Waals surface area contributed by atoms with Gasteiger partial charge < -0.3 is 11.1 Å². The van der Waals surface area contributed by atoms with Crippen molar-refractivity contribution in [3.05, 3.63) is 62.7 Å². The van der Waals surface area contributed by atoms with Crippen LogP contribution >= 0.6 is 11.6 Å². The molecule has 0 bridgehead atoms. The largest absolute Gasteiger partial charge is 0.398 e. The van der Waals surface area contributed by atoms with Crippen LogP contribution in [-0.2, 0) is 0 Å². The van der Waals surface area contributed by atoms with Gasteiger partial charge in [-0.1, -0.05) is 17.7 Å². The highest BCUT2D eigenvalue weighted by atomic mass is 35.5. The van der Waals surface area contributed by atoms with Crippen molar-refractivity contribution in [1.29, 1.82) is 0 Å². The number of nitrogen functional groups attached to an aromatic ring is 1. The summed E-state index contributed by atoms with van der Waals surface area (Å²) in [4.78, 5) is 22.6. The number of carbonyl (C=O) groups excluding carboxylic acids is 1. The lowest BCUT2D eigenvalue weighted by atomic mass is 10.1. The van der Waals surface area contributed by atoms with Gasteiger partial charge in [0, 0.05) is 16.8 Å². The molecule has 0 aliphatic carbocycles. The molecule has 1 amide bonds. The van der Waals surface area contributed by atoms with Crippen LogP contribution in [0.4, 0.5) is 17.1 Å². The number of nitrogens with two attached hydrogens (primary N) is 1. The molecule has 2 aromatic rings. The van der Waals surface area contributed by atoms with E-state index in [0.717, 1.165) is 0 Å². The molecule has 0 spiro atoms. The van der Waals surface area contributed by atoms with Gasteiger partial charge in [-0.15, -0.1) is 0 Å². The number of amides is 1. The average Bonchev–Trinajstić information content (AvgIpc) is 2.40. The Morgan fingerprint density at radius 1 is 1.33 bits per heavy atom. The first-order valence-electron chi connectivity index (χ1n) is 6.00. The first kappa shape index (κ1) is 14.8. The summed E-state index contributed by atoms with van der Waals surface area (Å²) in [6.07, 6.45) is 0. The Balaban J connectivity index is 2.32. The highest BCUT2D eigenvalue weighted by molar-refractivity contribution is 6.31. The second-order valence-electron chi connectivity index (χ2n) is 4.39. The van der Waals surface area contributed by atoms with Crippen molar-refractivity contribution in [2.24, 2.45) is 0 Å². The zero-order valence-electron chi connectivity index (χ0n) is 11.1. The molecule has 0 saturated heterocycles. The van der Waals surface area contributed by atoms with Gasteiger partial charge in [-0.3, -0.25) is 14.9 Å². The fraction of sp³-hybridized carbons (Fsp3) is 0.0714. The van der Waals surface area contributed by atoms with E-state index in [2.05, 4.69) is 5.32 Å². The van der Waals surface area contributed by atoms with Crippen LogP contribution in [0.5, 0.6) is 0 Å². The van der Waals surface area contributed by atoms with E-state index in [1.54, 1.807) is 19.1 Å². The van der Waals surface area contributed by atoms with Gasteiger partial charge in [0.1, 0.15) is 0 Å². The minimum absolute atomic E-state index is 0.0584. The number of benzene rings is 2. The Morgan fingerprint density at radius 3 is 2.67 bits per heavy atom. The maximum absolute atomic E-state index is 12.2. The summed E-state index contributed by atoms with van der Waals surface area (Å²) in [6, 6.07) is 8.99. The second kappa shape index (κ2) is 5.80. The molecule has 21 heavy (non-hydrogen) atoms. The topological polar surface area (TPSA) is 98.3 Å². The third-order valence-electron chi connectivity index (χ3n) is 3.01. The highest BCUT2D eigenvalue weighted by Crippen LogP contribution is 2.26. The Bertz CT molecular complexity index is 731. The number of halogens is 1. The number of nitro groups is 1. The number of nitrogens with one attached hydrogen (secondary N) is 1. The molecule has 0 heterocycles. The van der Waals surface area contributed by atoms with Crippen LogP contribution in [0.1, 0.15) is 15.9 Å². The summed E-state index contributed by atoms with van der Waals surface area (Å²) in [5, 5.41) is 13.9. The third-order valence-corrected chi connectivity index (χ3v) is 3.24. The van der Waals surface area contributed by atoms with Gasteiger partial charge in [-0.05, 0) is 31.2 Å². The summed E-state index contributed by atoms with van der Waals surface area (Å²) in [5.41, 5.74) is 6.92. The van der Waals surface area contributed by atoms with E-state index in [9.17, 15) is 14.9 Å². The molecule has 108 valence electrons. The van der Waals surface area contributed by atoms with Crippen LogP contribution in [0.25, 0.3) is 0 Å². The number of hydrogen-bond acceptors (Lipinski definition) is 4. The lowest BCUT2D eigenvalue weighted by Crippen LogP contribution is -2.15. The summed E-state index contributed by atoms with van der Waals surface area (Å²) < 4.78 is 0. The number of hydrogen-bond donors (Lipinski definition) is 2. The van der Waals surface area contributed by atoms with Crippen molar-refractivity contribution in [3.63, 3.8) is 0 Å². The normalized spacial score (nSPS) is 10.2. The Kier molecular flexibility index (Phi) is 4.09. The van der Waals surface area contributed by atoms with Crippen LogP contribution in [0, 0.1) is 17.0 Å². The third kappa shape index (κ3) is 3.11. The van der Waals surface area contributed by atoms with Crippen molar-refractivity contribution in [1.82, 2.24) is 0 Å². The van der Waals surface area contributed by atoms with Crippen LogP contribution in [0.2, 0.25) is 5.02 Å². The van der Waals surface area contributed by atoms with Gasteiger partial charge in [-0.2, -0.15) is 0 Å². The minimum Gasteiger partial charge on any atom is -0.398 e. The molecular formula is C14H12ClN3O3. The highest BCUT2D eigenvalue weighted by Gasteiger charge is 2.16. The van der Waals surface area contributed by atoms with Gasteiger partial charge in [-0.25, -0.2) is 0 Å². The first-order valence-corrected chi connectivity index (χ1v) is 6.38. The van der Waals surface area contributed by atoms with Gasteiger partial charge >= 0.3 is 0 Å². The molecule has 7 heteroatoms. The van der Waals surface area contributed by atoms with Crippen molar-refractivity contribution < 1.29 is 9.72 Å². The number of nitro benzene ring substituents is 1. The predicted molar refractivity (Wildman–Crippen MR) is 81.7 cm³/mol. The maximum Gasteiger partial charge on any atom is 0.274 e. The second-order valence-corrected chi connectivity index (χ2v) is 4.83. The molecule has 0 fully saturated rings. The van der Waals surface area contributed by atoms with Gasteiger partial charge in [0.2, 0.25) is 0 Å². The van der Waals surface area contributed by atoms with Gasteiger partial charge in [0.25, 0.3) is 11.6 Å². The standard InChI is InChI=1S/C14H12ClN3O3/c1-8-12(3-2-4-13(8)18(20)21)17-14(19)10-6-5-9(15)7-11(10)16/h2-7H,16H2,1H3,(H,17,19). The van der Waals surface area contributed by atoms with E-state index in [-0.39, 0.29) is 16.9 Å². The quantitative estimate of drug-likeness (QED) is 0.516. The molecule has 0 saturated carbocycles. The molecule has 0 aliphatic heterocycles. The van der Waals surface area contributed by atoms with Gasteiger partial charge in [0.15, 0.2) is 0 Å². The molecule has 0 aromatic heterocycles. The van der Waals surface area contributed by atoms with E-state index >= 15 is 0 Å². The van der Waals surface area contributed by atoms with E-state index in [0.29, 0.717) is 16.3 Å². The molecule has 0 radical (unpaired) electrons. The van der Waals surface area contributed by atoms with E-state index in [4.69, 9.17) is 17.3 Å². The number of nitrogens with zero attached hydrogens (tertiary/aromatic N) is 1. The van der Waals surface area contributed by atoms with Gasteiger partial charge in [0.05, 0.1) is 21.7 Å². The fourth-order valence-electron chi connectivity index (χ4n) is 1.89. The Labute approximate surface area is 125 Å². The summed E-state index contributed by atoms with van der Waals surface area (Å²) in [5.74, 6) is -0.451. The SMILES string of the molecule is Cc1c(NC(=O)c2ccc(Cl)cc2N)cccc1[N+](=O)[O-]. The first-order chi connectivity index (χ1) is 9.90. The lowest BCUT2D eigenvalue weighted by molar-refractivity contribution is -0.385. The predicted octanol–water partition coefficient (Wildman–Crippen LogP) is 3.39. The van der Waals surface area contributed by atoms with Crippen molar-refractivity contribution in [2.45, 2.75) is 6.92 Å². The number of rotatable bonds is 3. The van der Waals surface area contributed by atoms with Crippen LogP contribution in [-0.4, -0.2) is 10.8 Å². The molecule has 3 N–H and O–H groups in total.